The molecule has 0 aliphatic rings. The van der Waals surface area contributed by atoms with Crippen molar-refractivity contribution in [3.63, 3.8) is 0 Å². The Kier molecular flexibility index (Phi) is 4.88. The van der Waals surface area contributed by atoms with E-state index in [-0.39, 0.29) is 11.7 Å². The van der Waals surface area contributed by atoms with Crippen LogP contribution in [0.15, 0.2) is 84.6 Å². The highest BCUT2D eigenvalue weighted by molar-refractivity contribution is 6.22. The number of imidazole rings is 1. The van der Waals surface area contributed by atoms with Crippen LogP contribution in [0.1, 0.15) is 16.7 Å². The SMILES string of the molecule is Cn1cnc2cc(C(=Nc3ccc(Cn4cncn4)cc3)c3c(O)[nH]c4cc(F)ccc34)ccc21. The molecule has 6 rings (SSSR count). The van der Waals surface area contributed by atoms with Crippen molar-refractivity contribution >= 4 is 33.3 Å². The predicted molar refractivity (Wildman–Crippen MR) is 132 cm³/mol. The average Bonchev–Trinajstić information content (AvgIpc) is 3.57. The van der Waals surface area contributed by atoms with Gasteiger partial charge < -0.3 is 14.7 Å². The molecular formula is C26H20FN7O. The lowest BCUT2D eigenvalue weighted by atomic mass is 10.00. The lowest BCUT2D eigenvalue weighted by molar-refractivity contribution is 0.457. The molecule has 0 atom stereocenters. The maximum Gasteiger partial charge on any atom is 0.199 e. The van der Waals surface area contributed by atoms with Gasteiger partial charge in [-0.25, -0.2) is 24.0 Å². The van der Waals surface area contributed by atoms with Crippen LogP contribution in [0, 0.1) is 5.82 Å². The molecule has 0 spiro atoms. The molecule has 35 heavy (non-hydrogen) atoms. The van der Waals surface area contributed by atoms with E-state index in [0.717, 1.165) is 22.2 Å². The largest absolute Gasteiger partial charge is 0.494 e. The number of fused-ring (bicyclic) bond motifs is 2. The fourth-order valence-electron chi connectivity index (χ4n) is 4.25. The van der Waals surface area contributed by atoms with Gasteiger partial charge in [0.15, 0.2) is 5.88 Å². The molecule has 0 aliphatic carbocycles. The number of halogens is 1. The zero-order valence-corrected chi connectivity index (χ0v) is 18.7. The van der Waals surface area contributed by atoms with Crippen molar-refractivity contribution in [1.29, 1.82) is 0 Å². The second-order valence-electron chi connectivity index (χ2n) is 8.32. The van der Waals surface area contributed by atoms with E-state index in [4.69, 9.17) is 4.99 Å². The van der Waals surface area contributed by atoms with E-state index in [2.05, 4.69) is 20.1 Å². The Labute approximate surface area is 199 Å². The highest BCUT2D eigenvalue weighted by Gasteiger charge is 2.20. The molecule has 0 bridgehead atoms. The summed E-state index contributed by atoms with van der Waals surface area (Å²) in [5.74, 6) is -0.463. The normalized spacial score (nSPS) is 12.1. The van der Waals surface area contributed by atoms with Gasteiger partial charge >= 0.3 is 0 Å². The number of rotatable bonds is 5. The maximum atomic E-state index is 13.8. The molecule has 0 amide bonds. The van der Waals surface area contributed by atoms with Crippen molar-refractivity contribution in [3.05, 3.63) is 102 Å². The van der Waals surface area contributed by atoms with Crippen molar-refractivity contribution in [2.75, 3.05) is 0 Å². The van der Waals surface area contributed by atoms with Crippen LogP contribution in [-0.2, 0) is 13.6 Å². The summed E-state index contributed by atoms with van der Waals surface area (Å²) in [5.41, 5.74) is 5.88. The first-order valence-electron chi connectivity index (χ1n) is 11.0. The Bertz CT molecular complexity index is 1700. The van der Waals surface area contributed by atoms with Gasteiger partial charge in [-0.2, -0.15) is 5.10 Å². The van der Waals surface area contributed by atoms with Crippen molar-refractivity contribution in [2.24, 2.45) is 12.0 Å². The van der Waals surface area contributed by atoms with Gasteiger partial charge in [-0.05, 0) is 48.0 Å². The van der Waals surface area contributed by atoms with Crippen LogP contribution in [0.25, 0.3) is 21.9 Å². The first-order valence-corrected chi connectivity index (χ1v) is 11.0. The second-order valence-corrected chi connectivity index (χ2v) is 8.32. The fourth-order valence-corrected chi connectivity index (χ4v) is 4.25. The third-order valence-electron chi connectivity index (χ3n) is 5.96. The third kappa shape index (κ3) is 3.82. The van der Waals surface area contributed by atoms with E-state index in [9.17, 15) is 9.50 Å². The number of aromatic amines is 1. The number of hydrogen-bond acceptors (Lipinski definition) is 5. The summed E-state index contributed by atoms with van der Waals surface area (Å²) in [5, 5.41) is 15.7. The van der Waals surface area contributed by atoms with E-state index in [1.54, 1.807) is 23.4 Å². The second kappa shape index (κ2) is 8.21. The third-order valence-corrected chi connectivity index (χ3v) is 5.96. The lowest BCUT2D eigenvalue weighted by Gasteiger charge is -2.09. The molecule has 3 heterocycles. The summed E-state index contributed by atoms with van der Waals surface area (Å²) in [6, 6.07) is 18.0. The van der Waals surface area contributed by atoms with Gasteiger partial charge in [-0.1, -0.05) is 18.2 Å². The van der Waals surface area contributed by atoms with Crippen LogP contribution in [0.4, 0.5) is 10.1 Å². The molecular weight excluding hydrogens is 445 g/mol. The van der Waals surface area contributed by atoms with Crippen LogP contribution < -0.4 is 0 Å². The van der Waals surface area contributed by atoms with Gasteiger partial charge in [0.05, 0.1) is 46.4 Å². The minimum absolute atomic E-state index is 0.0757. The summed E-state index contributed by atoms with van der Waals surface area (Å²) in [4.78, 5) is 16.2. The minimum Gasteiger partial charge on any atom is -0.494 e. The molecule has 6 aromatic rings. The number of nitrogens with zero attached hydrogens (tertiary/aromatic N) is 6. The summed E-state index contributed by atoms with van der Waals surface area (Å²) in [7, 11) is 1.94. The number of nitrogens with one attached hydrogen (secondary N) is 1. The van der Waals surface area contributed by atoms with E-state index < -0.39 is 0 Å². The first-order chi connectivity index (χ1) is 17.0. The van der Waals surface area contributed by atoms with E-state index in [1.165, 1.54) is 18.5 Å². The monoisotopic (exact) mass is 465 g/mol. The highest BCUT2D eigenvalue weighted by atomic mass is 19.1. The molecule has 172 valence electrons. The quantitative estimate of drug-likeness (QED) is 0.361. The zero-order chi connectivity index (χ0) is 23.9. The van der Waals surface area contributed by atoms with Crippen LogP contribution in [-0.4, -0.2) is 40.1 Å². The molecule has 0 unspecified atom stereocenters. The van der Waals surface area contributed by atoms with E-state index in [0.29, 0.717) is 34.4 Å². The van der Waals surface area contributed by atoms with Crippen LogP contribution >= 0.6 is 0 Å². The minimum atomic E-state index is -0.387. The number of aromatic nitrogens is 6. The maximum absolute atomic E-state index is 13.8. The van der Waals surface area contributed by atoms with Crippen molar-refractivity contribution in [3.8, 4) is 5.88 Å². The molecule has 0 fully saturated rings. The van der Waals surface area contributed by atoms with Gasteiger partial charge in [0, 0.05) is 18.0 Å². The Morgan fingerprint density at radius 3 is 2.71 bits per heavy atom. The number of aromatic hydroxyl groups is 1. The van der Waals surface area contributed by atoms with Crippen LogP contribution in [0.3, 0.4) is 0 Å². The van der Waals surface area contributed by atoms with E-state index >= 15 is 0 Å². The Morgan fingerprint density at radius 1 is 1.06 bits per heavy atom. The molecule has 3 aromatic carbocycles. The number of hydrogen-bond donors (Lipinski definition) is 2. The first kappa shape index (κ1) is 20.8. The number of H-pyrrole nitrogens is 1. The average molecular weight is 465 g/mol. The van der Waals surface area contributed by atoms with Crippen LogP contribution in [0.2, 0.25) is 0 Å². The van der Waals surface area contributed by atoms with Gasteiger partial charge in [0.2, 0.25) is 0 Å². The molecule has 3 aromatic heterocycles. The Hall–Kier alpha value is -4.79. The summed E-state index contributed by atoms with van der Waals surface area (Å²) in [6.45, 7) is 0.599. The highest BCUT2D eigenvalue weighted by Crippen LogP contribution is 2.32. The van der Waals surface area contributed by atoms with Gasteiger partial charge in [-0.15, -0.1) is 0 Å². The van der Waals surface area contributed by atoms with Gasteiger partial charge in [-0.3, -0.25) is 0 Å². The molecule has 9 heteroatoms. The van der Waals surface area contributed by atoms with Crippen molar-refractivity contribution < 1.29 is 9.50 Å². The summed E-state index contributed by atoms with van der Waals surface area (Å²) in [6.07, 6.45) is 4.93. The van der Waals surface area contributed by atoms with Crippen molar-refractivity contribution in [2.45, 2.75) is 6.54 Å². The summed E-state index contributed by atoms with van der Waals surface area (Å²) >= 11 is 0. The van der Waals surface area contributed by atoms with Crippen LogP contribution in [0.5, 0.6) is 5.88 Å². The summed E-state index contributed by atoms with van der Waals surface area (Å²) < 4.78 is 17.5. The number of aliphatic imine (C=N–C) groups is 1. The molecule has 0 saturated carbocycles. The Morgan fingerprint density at radius 2 is 1.91 bits per heavy atom. The smallest absolute Gasteiger partial charge is 0.199 e. The van der Waals surface area contributed by atoms with E-state index in [1.807, 2.05) is 54.1 Å². The lowest BCUT2D eigenvalue weighted by Crippen LogP contribution is -2.03. The zero-order valence-electron chi connectivity index (χ0n) is 18.7. The molecule has 0 saturated heterocycles. The molecule has 0 aliphatic heterocycles. The van der Waals surface area contributed by atoms with Gasteiger partial charge in [0.1, 0.15) is 18.5 Å². The predicted octanol–water partition coefficient (Wildman–Crippen LogP) is 4.71. The standard InChI is InChI=1S/C26H20FN7O/c1-33-15-29-22-10-17(4-9-23(22)33)25(24-20-8-5-18(27)11-21(20)32-26(24)35)31-19-6-2-16(3-7-19)12-34-14-28-13-30-34/h2-11,13-15,32,35H,12H2,1H3. The topological polar surface area (TPSA) is 96.9 Å². The molecule has 0 radical (unpaired) electrons. The molecule has 8 nitrogen and oxygen atoms in total. The van der Waals surface area contributed by atoms with Crippen molar-refractivity contribution in [1.82, 2.24) is 29.3 Å². The molecule has 2 N–H and O–H groups in total. The van der Waals surface area contributed by atoms with Gasteiger partial charge in [0.25, 0.3) is 0 Å². The fraction of sp³-hybridized carbons (Fsp3) is 0.0769. The number of benzene rings is 3. The Balaban J connectivity index is 1.49. The number of aryl methyl sites for hydroxylation is 1.